The summed E-state index contributed by atoms with van der Waals surface area (Å²) < 4.78 is 12.7. The zero-order valence-corrected chi connectivity index (χ0v) is 7.50. The molecule has 0 saturated carbocycles. The van der Waals surface area contributed by atoms with Crippen LogP contribution in [0.15, 0.2) is 17.1 Å². The molecule has 1 aromatic rings. The molecule has 70 valence electrons. The molecule has 3 N–H and O–H groups in total. The van der Waals surface area contributed by atoms with Crippen molar-refractivity contribution in [2.24, 2.45) is 10.7 Å². The van der Waals surface area contributed by atoms with Crippen molar-refractivity contribution in [3.05, 3.63) is 29.1 Å². The van der Waals surface area contributed by atoms with Crippen LogP contribution in [-0.4, -0.2) is 18.0 Å². The average Bonchev–Trinajstić information content (AvgIpc) is 2.02. The fraction of sp³-hybridized carbons (Fsp3) is 0.222. The first-order chi connectivity index (χ1) is 6.06. The second-order valence-electron chi connectivity index (χ2n) is 2.73. The molecule has 0 aliphatic heterocycles. The van der Waals surface area contributed by atoms with Gasteiger partial charge in [-0.3, -0.25) is 4.99 Å². The number of benzene rings is 1. The highest BCUT2D eigenvalue weighted by molar-refractivity contribution is 6.01. The second kappa shape index (κ2) is 3.43. The Morgan fingerprint density at radius 2 is 2.15 bits per heavy atom. The van der Waals surface area contributed by atoms with E-state index in [0.717, 1.165) is 6.07 Å². The number of phenols is 1. The molecule has 13 heavy (non-hydrogen) atoms. The lowest BCUT2D eigenvalue weighted by atomic mass is 10.1. The van der Waals surface area contributed by atoms with E-state index in [1.165, 1.54) is 13.1 Å². The van der Waals surface area contributed by atoms with Crippen molar-refractivity contribution < 1.29 is 9.50 Å². The fourth-order valence-corrected chi connectivity index (χ4v) is 1.17. The van der Waals surface area contributed by atoms with Crippen molar-refractivity contribution in [1.82, 2.24) is 0 Å². The van der Waals surface area contributed by atoms with Crippen LogP contribution < -0.4 is 5.73 Å². The van der Waals surface area contributed by atoms with Gasteiger partial charge in [-0.15, -0.1) is 0 Å². The molecule has 0 atom stereocenters. The SMILES string of the molecule is CN=C(N)c1c(C)cc(F)cc1O. The molecular weight excluding hydrogens is 171 g/mol. The van der Waals surface area contributed by atoms with E-state index in [-0.39, 0.29) is 11.6 Å². The van der Waals surface area contributed by atoms with Crippen LogP contribution in [0.5, 0.6) is 5.75 Å². The number of phenolic OH excluding ortho intramolecular Hbond substituents is 1. The van der Waals surface area contributed by atoms with E-state index in [4.69, 9.17) is 5.73 Å². The summed E-state index contributed by atoms with van der Waals surface area (Å²) in [6.45, 7) is 1.66. The van der Waals surface area contributed by atoms with Crippen LogP contribution in [0.4, 0.5) is 4.39 Å². The minimum atomic E-state index is -0.484. The van der Waals surface area contributed by atoms with Crippen LogP contribution in [0.2, 0.25) is 0 Å². The molecule has 0 aliphatic carbocycles. The third kappa shape index (κ3) is 1.77. The van der Waals surface area contributed by atoms with Gasteiger partial charge in [0.2, 0.25) is 0 Å². The van der Waals surface area contributed by atoms with Gasteiger partial charge in [0.1, 0.15) is 17.4 Å². The van der Waals surface area contributed by atoms with Gasteiger partial charge in [0, 0.05) is 13.1 Å². The Bertz CT molecular complexity index is 338. The Kier molecular flexibility index (Phi) is 2.51. The molecule has 1 aromatic carbocycles. The normalized spacial score (nSPS) is 11.8. The van der Waals surface area contributed by atoms with Crippen molar-refractivity contribution in [1.29, 1.82) is 0 Å². The fourth-order valence-electron chi connectivity index (χ4n) is 1.17. The van der Waals surface area contributed by atoms with Crippen molar-refractivity contribution in [3.63, 3.8) is 0 Å². The number of aryl methyl sites for hydroxylation is 1. The van der Waals surface area contributed by atoms with Gasteiger partial charge in [-0.1, -0.05) is 0 Å². The first-order valence-electron chi connectivity index (χ1n) is 3.78. The van der Waals surface area contributed by atoms with E-state index in [1.54, 1.807) is 6.92 Å². The lowest BCUT2D eigenvalue weighted by Crippen LogP contribution is -2.14. The summed E-state index contributed by atoms with van der Waals surface area (Å²) in [4.78, 5) is 3.72. The van der Waals surface area contributed by atoms with Crippen molar-refractivity contribution >= 4 is 5.84 Å². The molecular formula is C9H11FN2O. The molecule has 0 fully saturated rings. The van der Waals surface area contributed by atoms with Gasteiger partial charge >= 0.3 is 0 Å². The van der Waals surface area contributed by atoms with E-state index in [0.29, 0.717) is 11.1 Å². The minimum Gasteiger partial charge on any atom is -0.507 e. The maximum atomic E-state index is 12.7. The van der Waals surface area contributed by atoms with E-state index < -0.39 is 5.82 Å². The van der Waals surface area contributed by atoms with E-state index >= 15 is 0 Å². The van der Waals surface area contributed by atoms with Crippen LogP contribution >= 0.6 is 0 Å². The highest BCUT2D eigenvalue weighted by Crippen LogP contribution is 2.21. The molecule has 0 aliphatic rings. The van der Waals surface area contributed by atoms with Gasteiger partial charge in [0.15, 0.2) is 0 Å². The van der Waals surface area contributed by atoms with E-state index in [9.17, 15) is 9.50 Å². The van der Waals surface area contributed by atoms with Gasteiger partial charge < -0.3 is 10.8 Å². The zero-order chi connectivity index (χ0) is 10.0. The molecule has 1 rings (SSSR count). The summed E-state index contributed by atoms with van der Waals surface area (Å²) in [5, 5.41) is 9.37. The quantitative estimate of drug-likeness (QED) is 0.506. The monoisotopic (exact) mass is 182 g/mol. The summed E-state index contributed by atoms with van der Waals surface area (Å²) in [5.41, 5.74) is 6.48. The first kappa shape index (κ1) is 9.51. The summed E-state index contributed by atoms with van der Waals surface area (Å²) >= 11 is 0. The number of rotatable bonds is 1. The third-order valence-corrected chi connectivity index (χ3v) is 1.78. The van der Waals surface area contributed by atoms with Crippen molar-refractivity contribution in [2.45, 2.75) is 6.92 Å². The van der Waals surface area contributed by atoms with Crippen LogP contribution in [0, 0.1) is 12.7 Å². The van der Waals surface area contributed by atoms with E-state index in [1.807, 2.05) is 0 Å². The zero-order valence-electron chi connectivity index (χ0n) is 7.50. The molecule has 4 heteroatoms. The number of amidine groups is 1. The molecule has 3 nitrogen and oxygen atoms in total. The molecule has 0 spiro atoms. The van der Waals surface area contributed by atoms with Gasteiger partial charge in [0.05, 0.1) is 5.56 Å². The largest absolute Gasteiger partial charge is 0.507 e. The topological polar surface area (TPSA) is 58.6 Å². The maximum Gasteiger partial charge on any atom is 0.129 e. The number of nitrogens with zero attached hydrogens (tertiary/aromatic N) is 1. The summed E-state index contributed by atoms with van der Waals surface area (Å²) in [6, 6.07) is 2.31. The molecule has 0 radical (unpaired) electrons. The maximum absolute atomic E-state index is 12.7. The van der Waals surface area contributed by atoms with Crippen molar-refractivity contribution in [3.8, 4) is 5.75 Å². The molecule has 0 amide bonds. The second-order valence-corrected chi connectivity index (χ2v) is 2.73. The average molecular weight is 182 g/mol. The summed E-state index contributed by atoms with van der Waals surface area (Å²) in [6.07, 6.45) is 0. The smallest absolute Gasteiger partial charge is 0.129 e. The molecule has 0 heterocycles. The van der Waals surface area contributed by atoms with Gasteiger partial charge in [0.25, 0.3) is 0 Å². The van der Waals surface area contributed by atoms with Crippen LogP contribution in [0.1, 0.15) is 11.1 Å². The summed E-state index contributed by atoms with van der Waals surface area (Å²) in [5.74, 6) is -0.460. The molecule has 0 bridgehead atoms. The standard InChI is InChI=1S/C9H11FN2O/c1-5-3-6(10)4-7(13)8(5)9(11)12-2/h3-4,13H,1-2H3,(H2,11,12). The minimum absolute atomic E-state index is 0.180. The number of aromatic hydroxyl groups is 1. The Balaban J connectivity index is 3.37. The Labute approximate surface area is 75.7 Å². The van der Waals surface area contributed by atoms with Crippen LogP contribution in [-0.2, 0) is 0 Å². The Morgan fingerprint density at radius 1 is 1.54 bits per heavy atom. The van der Waals surface area contributed by atoms with Gasteiger partial charge in [-0.25, -0.2) is 4.39 Å². The first-order valence-corrected chi connectivity index (χ1v) is 3.78. The highest BCUT2D eigenvalue weighted by Gasteiger charge is 2.10. The number of hydrogen-bond acceptors (Lipinski definition) is 2. The number of nitrogens with two attached hydrogens (primary N) is 1. The Morgan fingerprint density at radius 3 is 2.62 bits per heavy atom. The van der Waals surface area contributed by atoms with Gasteiger partial charge in [-0.05, 0) is 18.6 Å². The predicted molar refractivity (Wildman–Crippen MR) is 49.5 cm³/mol. The summed E-state index contributed by atoms with van der Waals surface area (Å²) in [7, 11) is 1.51. The Hall–Kier alpha value is -1.58. The van der Waals surface area contributed by atoms with Crippen LogP contribution in [0.3, 0.4) is 0 Å². The number of halogens is 1. The lowest BCUT2D eigenvalue weighted by Gasteiger charge is -2.07. The number of aliphatic imine (C=N–C) groups is 1. The van der Waals surface area contributed by atoms with E-state index in [2.05, 4.69) is 4.99 Å². The van der Waals surface area contributed by atoms with Crippen LogP contribution in [0.25, 0.3) is 0 Å². The number of hydrogen-bond donors (Lipinski definition) is 2. The third-order valence-electron chi connectivity index (χ3n) is 1.78. The molecule has 0 unspecified atom stereocenters. The van der Waals surface area contributed by atoms with Crippen molar-refractivity contribution in [2.75, 3.05) is 7.05 Å². The highest BCUT2D eigenvalue weighted by atomic mass is 19.1. The molecule has 0 saturated heterocycles. The predicted octanol–water partition coefficient (Wildman–Crippen LogP) is 1.17. The lowest BCUT2D eigenvalue weighted by molar-refractivity contribution is 0.467. The van der Waals surface area contributed by atoms with Gasteiger partial charge in [-0.2, -0.15) is 0 Å². The molecule has 0 aromatic heterocycles.